The summed E-state index contributed by atoms with van der Waals surface area (Å²) in [5.41, 5.74) is 12.4. The average molecular weight is 447 g/mol. The molecular weight excluding hydrogens is 428 g/mol. The lowest BCUT2D eigenvalue weighted by Crippen LogP contribution is -2.02. The molecule has 0 fully saturated rings. The molecule has 0 spiro atoms. The van der Waals surface area contributed by atoms with Crippen molar-refractivity contribution < 1.29 is 0 Å². The fourth-order valence-electron chi connectivity index (χ4n) is 3.71. The first-order chi connectivity index (χ1) is 14.2. The van der Waals surface area contributed by atoms with Crippen molar-refractivity contribution in [3.63, 3.8) is 0 Å². The maximum absolute atomic E-state index is 6.20. The molecule has 5 aromatic rings. The summed E-state index contributed by atoms with van der Waals surface area (Å²) in [6.07, 6.45) is 4.43. The van der Waals surface area contributed by atoms with Crippen molar-refractivity contribution in [3.05, 3.63) is 78.4 Å². The molecule has 0 saturated carbocycles. The Morgan fingerprint density at radius 1 is 1.03 bits per heavy atom. The van der Waals surface area contributed by atoms with Gasteiger partial charge in [-0.05, 0) is 29.7 Å². The summed E-state index contributed by atoms with van der Waals surface area (Å²) in [4.78, 5) is 4.19. The van der Waals surface area contributed by atoms with Crippen LogP contribution < -0.4 is 5.73 Å². The second-order valence-corrected chi connectivity index (χ2v) is 7.77. The Hall–Kier alpha value is -3.19. The Morgan fingerprint density at radius 3 is 2.72 bits per heavy atom. The van der Waals surface area contributed by atoms with E-state index in [1.165, 1.54) is 11.9 Å². The summed E-state index contributed by atoms with van der Waals surface area (Å²) in [6, 6.07) is 18.8. The fourth-order valence-corrected chi connectivity index (χ4v) is 4.12. The van der Waals surface area contributed by atoms with Crippen molar-refractivity contribution in [1.29, 1.82) is 0 Å². The van der Waals surface area contributed by atoms with E-state index in [9.17, 15) is 0 Å². The molecule has 144 valence electrons. The molecule has 7 heteroatoms. The van der Waals surface area contributed by atoms with Crippen LogP contribution in [0.5, 0.6) is 0 Å². The van der Waals surface area contributed by atoms with Crippen LogP contribution in [0.15, 0.2) is 67.1 Å². The molecule has 6 nitrogen and oxygen atoms in total. The normalized spacial score (nSPS) is 11.5. The number of fused-ring (bicyclic) bond motifs is 2. The molecule has 0 aliphatic rings. The van der Waals surface area contributed by atoms with Crippen molar-refractivity contribution in [2.45, 2.75) is 13.0 Å². The van der Waals surface area contributed by atoms with Gasteiger partial charge in [0.2, 0.25) is 0 Å². The van der Waals surface area contributed by atoms with E-state index >= 15 is 0 Å². The zero-order chi connectivity index (χ0) is 19.8. The molecule has 5 rings (SSSR count). The maximum Gasteiger partial charge on any atom is 0.151 e. The van der Waals surface area contributed by atoms with Crippen LogP contribution in [0.25, 0.3) is 27.5 Å². The molecule has 0 unspecified atom stereocenters. The number of alkyl halides is 1. The highest BCUT2D eigenvalue weighted by Crippen LogP contribution is 2.32. The summed E-state index contributed by atoms with van der Waals surface area (Å²) in [5.74, 6) is 0.477. The van der Waals surface area contributed by atoms with Gasteiger partial charge in [0, 0.05) is 28.2 Å². The second kappa shape index (κ2) is 7.33. The summed E-state index contributed by atoms with van der Waals surface area (Å²) >= 11 is 3.52. The Balaban J connectivity index is 1.59. The first-order valence-corrected chi connectivity index (χ1v) is 10.5. The first kappa shape index (κ1) is 17.9. The predicted molar refractivity (Wildman–Crippen MR) is 119 cm³/mol. The van der Waals surface area contributed by atoms with Crippen LogP contribution in [0.1, 0.15) is 11.3 Å². The van der Waals surface area contributed by atoms with Gasteiger partial charge in [0.1, 0.15) is 11.8 Å². The lowest BCUT2D eigenvalue weighted by Gasteiger charge is -2.03. The van der Waals surface area contributed by atoms with Crippen molar-refractivity contribution in [2.75, 3.05) is 11.1 Å². The molecule has 0 amide bonds. The van der Waals surface area contributed by atoms with Gasteiger partial charge < -0.3 is 5.73 Å². The highest BCUT2D eigenvalue weighted by molar-refractivity contribution is 9.09. The smallest absolute Gasteiger partial charge is 0.151 e. The van der Waals surface area contributed by atoms with Crippen molar-refractivity contribution in [3.8, 4) is 11.1 Å². The van der Waals surface area contributed by atoms with Crippen LogP contribution in [0.2, 0.25) is 0 Å². The lowest BCUT2D eigenvalue weighted by atomic mass is 10.1. The van der Waals surface area contributed by atoms with Crippen LogP contribution in [0.4, 0.5) is 5.82 Å². The van der Waals surface area contributed by atoms with E-state index in [-0.39, 0.29) is 0 Å². The molecular formula is C22H19BrN6. The van der Waals surface area contributed by atoms with Crippen LogP contribution in [0, 0.1) is 0 Å². The molecule has 0 saturated heterocycles. The number of anilines is 1. The topological polar surface area (TPSA) is 74.0 Å². The molecule has 0 aliphatic carbocycles. The number of nitrogens with two attached hydrogens (primary N) is 1. The summed E-state index contributed by atoms with van der Waals surface area (Å²) in [7, 11) is 0. The molecule has 3 heterocycles. The molecule has 3 aromatic heterocycles. The van der Waals surface area contributed by atoms with E-state index in [4.69, 9.17) is 10.8 Å². The van der Waals surface area contributed by atoms with Gasteiger partial charge in [-0.2, -0.15) is 10.2 Å². The molecule has 0 radical (unpaired) electrons. The van der Waals surface area contributed by atoms with Crippen molar-refractivity contribution in [1.82, 2.24) is 24.4 Å². The lowest BCUT2D eigenvalue weighted by molar-refractivity contribution is 0.696. The monoisotopic (exact) mass is 446 g/mol. The molecule has 0 aliphatic heterocycles. The number of benzene rings is 2. The van der Waals surface area contributed by atoms with Crippen molar-refractivity contribution >= 4 is 38.2 Å². The van der Waals surface area contributed by atoms with Gasteiger partial charge in [-0.15, -0.1) is 0 Å². The number of aromatic nitrogens is 5. The van der Waals surface area contributed by atoms with E-state index < -0.39 is 0 Å². The molecule has 29 heavy (non-hydrogen) atoms. The Kier molecular flexibility index (Phi) is 4.52. The highest BCUT2D eigenvalue weighted by atomic mass is 79.9. The average Bonchev–Trinajstić information content (AvgIpc) is 3.30. The van der Waals surface area contributed by atoms with E-state index in [1.54, 1.807) is 0 Å². The summed E-state index contributed by atoms with van der Waals surface area (Å²) in [5, 5.41) is 11.1. The van der Waals surface area contributed by atoms with Gasteiger partial charge in [0.05, 0.1) is 12.1 Å². The third kappa shape index (κ3) is 3.27. The Labute approximate surface area is 176 Å². The Bertz CT molecular complexity index is 1310. The number of hydrogen-bond acceptors (Lipinski definition) is 4. The standard InChI is InChI=1S/C22H19BrN6/c23-9-8-18-11-19(21-22(24)25-14-26-29(18)21)16-6-7-17-13-28(27-20(17)10-16)12-15-4-2-1-3-5-15/h1-7,10-11,13-14H,8-9,12H2,(H2,24,25,26). The van der Waals surface area contributed by atoms with Gasteiger partial charge >= 0.3 is 0 Å². The quantitative estimate of drug-likeness (QED) is 0.408. The molecule has 2 N–H and O–H groups in total. The minimum Gasteiger partial charge on any atom is -0.382 e. The number of nitrogen functional groups attached to an aromatic ring is 1. The van der Waals surface area contributed by atoms with E-state index in [2.05, 4.69) is 68.6 Å². The highest BCUT2D eigenvalue weighted by Gasteiger charge is 2.15. The molecule has 0 atom stereocenters. The minimum atomic E-state index is 0.477. The van der Waals surface area contributed by atoms with Gasteiger partial charge in [-0.25, -0.2) is 9.50 Å². The van der Waals surface area contributed by atoms with Gasteiger partial charge in [-0.1, -0.05) is 58.4 Å². The number of aryl methyl sites for hydroxylation is 1. The number of nitrogens with zero attached hydrogens (tertiary/aromatic N) is 5. The maximum atomic E-state index is 6.20. The van der Waals surface area contributed by atoms with Crippen molar-refractivity contribution in [2.24, 2.45) is 0 Å². The fraction of sp³-hybridized carbons (Fsp3) is 0.136. The number of halogens is 1. The summed E-state index contributed by atoms with van der Waals surface area (Å²) in [6.45, 7) is 0.746. The van der Waals surface area contributed by atoms with E-state index in [1.807, 2.05) is 27.4 Å². The van der Waals surface area contributed by atoms with Crippen LogP contribution in [-0.4, -0.2) is 29.7 Å². The largest absolute Gasteiger partial charge is 0.382 e. The summed E-state index contributed by atoms with van der Waals surface area (Å²) < 4.78 is 3.87. The number of hydrogen-bond donors (Lipinski definition) is 1. The van der Waals surface area contributed by atoms with Crippen LogP contribution in [0.3, 0.4) is 0 Å². The molecule has 2 aromatic carbocycles. The van der Waals surface area contributed by atoms with Gasteiger partial charge in [0.25, 0.3) is 0 Å². The Morgan fingerprint density at radius 2 is 1.90 bits per heavy atom. The molecule has 0 bridgehead atoms. The SMILES string of the molecule is Nc1ncnn2c(CCBr)cc(-c3ccc4cn(Cc5ccccc5)nc4c3)c12. The van der Waals surface area contributed by atoms with Crippen LogP contribution in [-0.2, 0) is 13.0 Å². The van der Waals surface area contributed by atoms with Crippen LogP contribution >= 0.6 is 15.9 Å². The third-order valence-electron chi connectivity index (χ3n) is 5.06. The number of rotatable bonds is 5. The predicted octanol–water partition coefficient (Wildman–Crippen LogP) is 4.31. The zero-order valence-electron chi connectivity index (χ0n) is 15.7. The van der Waals surface area contributed by atoms with Gasteiger partial charge in [0.15, 0.2) is 5.82 Å². The zero-order valence-corrected chi connectivity index (χ0v) is 17.2. The minimum absolute atomic E-state index is 0.477. The van der Waals surface area contributed by atoms with E-state index in [0.717, 1.165) is 51.5 Å². The van der Waals surface area contributed by atoms with E-state index in [0.29, 0.717) is 5.82 Å². The third-order valence-corrected chi connectivity index (χ3v) is 5.46. The van der Waals surface area contributed by atoms with Gasteiger partial charge in [-0.3, -0.25) is 4.68 Å². The second-order valence-electron chi connectivity index (χ2n) is 6.98. The first-order valence-electron chi connectivity index (χ1n) is 9.41.